The number of anilines is 1. The van der Waals surface area contributed by atoms with Gasteiger partial charge in [-0.1, -0.05) is 24.3 Å². The van der Waals surface area contributed by atoms with Crippen LogP contribution >= 0.6 is 0 Å². The first kappa shape index (κ1) is 23.7. The lowest BCUT2D eigenvalue weighted by Crippen LogP contribution is -2.61. The van der Waals surface area contributed by atoms with Crippen LogP contribution in [0.2, 0.25) is 0 Å². The maximum absolute atomic E-state index is 13.8. The number of nitrogens with zero attached hydrogens (tertiary/aromatic N) is 3. The number of H-pyrrole nitrogens is 1. The number of carbonyl (C=O) groups excluding carboxylic acids is 1. The molecule has 2 bridgehead atoms. The fourth-order valence-corrected chi connectivity index (χ4v) is 7.24. The number of aromatic amines is 1. The van der Waals surface area contributed by atoms with Crippen LogP contribution in [0, 0.1) is 22.0 Å². The molecule has 9 heteroatoms. The first-order chi connectivity index (χ1) is 19.0. The maximum atomic E-state index is 13.8. The van der Waals surface area contributed by atoms with Crippen molar-refractivity contribution in [2.24, 2.45) is 11.8 Å². The Hall–Kier alpha value is -4.40. The summed E-state index contributed by atoms with van der Waals surface area (Å²) in [5, 5.41) is 15.9. The van der Waals surface area contributed by atoms with Crippen LogP contribution in [0.5, 0.6) is 0 Å². The van der Waals surface area contributed by atoms with Crippen molar-refractivity contribution in [1.29, 1.82) is 0 Å². The van der Waals surface area contributed by atoms with E-state index in [4.69, 9.17) is 0 Å². The molecule has 7 rings (SSSR count). The Labute approximate surface area is 224 Å². The van der Waals surface area contributed by atoms with Crippen LogP contribution in [0.15, 0.2) is 71.7 Å². The van der Waals surface area contributed by atoms with E-state index in [2.05, 4.69) is 21.3 Å². The van der Waals surface area contributed by atoms with Gasteiger partial charge in [0.25, 0.3) is 11.2 Å². The summed E-state index contributed by atoms with van der Waals surface area (Å²) in [5.41, 5.74) is 5.11. The SMILES string of the molecule is O=C(NCCc1c[nH]c2ccccc12)[C@@H]1Cc2cc([N+](=O)[O-])ccc2N2C[C@H]3C[C@H](Cn4c3cccc4=O)[C@@H]12. The van der Waals surface area contributed by atoms with E-state index in [0.29, 0.717) is 32.5 Å². The lowest BCUT2D eigenvalue weighted by Gasteiger charge is -2.54. The molecule has 198 valence electrons. The van der Waals surface area contributed by atoms with E-state index in [1.54, 1.807) is 18.2 Å². The highest BCUT2D eigenvalue weighted by Crippen LogP contribution is 2.47. The van der Waals surface area contributed by atoms with Crippen LogP contribution in [0.4, 0.5) is 11.4 Å². The normalized spacial score (nSPS) is 23.0. The smallest absolute Gasteiger partial charge is 0.269 e. The highest BCUT2D eigenvalue weighted by Gasteiger charge is 2.49. The van der Waals surface area contributed by atoms with Gasteiger partial charge in [0.05, 0.1) is 10.8 Å². The zero-order valence-corrected chi connectivity index (χ0v) is 21.4. The molecule has 2 N–H and O–H groups in total. The van der Waals surface area contributed by atoms with Gasteiger partial charge in [0.2, 0.25) is 5.91 Å². The lowest BCUT2D eigenvalue weighted by molar-refractivity contribution is -0.384. The highest BCUT2D eigenvalue weighted by atomic mass is 16.6. The van der Waals surface area contributed by atoms with Gasteiger partial charge in [0.15, 0.2) is 0 Å². The Morgan fingerprint density at radius 3 is 2.85 bits per heavy atom. The number of nitro groups is 1. The van der Waals surface area contributed by atoms with Gasteiger partial charge in [-0.25, -0.2) is 0 Å². The topological polar surface area (TPSA) is 113 Å². The van der Waals surface area contributed by atoms with Crippen molar-refractivity contribution in [3.05, 3.63) is 104 Å². The van der Waals surface area contributed by atoms with Gasteiger partial charge < -0.3 is 19.8 Å². The van der Waals surface area contributed by atoms with Gasteiger partial charge in [0, 0.05) is 78.3 Å². The van der Waals surface area contributed by atoms with Gasteiger partial charge in [-0.3, -0.25) is 19.7 Å². The third-order valence-electron chi connectivity index (χ3n) is 8.91. The van der Waals surface area contributed by atoms with Crippen LogP contribution in [0.3, 0.4) is 0 Å². The number of benzene rings is 2. The van der Waals surface area contributed by atoms with Crippen molar-refractivity contribution in [1.82, 2.24) is 14.9 Å². The van der Waals surface area contributed by atoms with Gasteiger partial charge in [-0.05, 0) is 54.5 Å². The molecular formula is C30H29N5O4. The average molecular weight is 524 g/mol. The minimum atomic E-state index is -0.379. The second-order valence-electron chi connectivity index (χ2n) is 11.0. The molecule has 4 atom stereocenters. The Morgan fingerprint density at radius 1 is 1.10 bits per heavy atom. The Balaban J connectivity index is 1.19. The molecule has 0 spiro atoms. The molecule has 3 aliphatic heterocycles. The molecule has 9 nitrogen and oxygen atoms in total. The number of hydrogen-bond donors (Lipinski definition) is 2. The lowest BCUT2D eigenvalue weighted by atomic mass is 9.70. The predicted molar refractivity (Wildman–Crippen MR) is 148 cm³/mol. The summed E-state index contributed by atoms with van der Waals surface area (Å²) >= 11 is 0. The maximum Gasteiger partial charge on any atom is 0.269 e. The van der Waals surface area contributed by atoms with Crippen LogP contribution in [0.25, 0.3) is 10.9 Å². The summed E-state index contributed by atoms with van der Waals surface area (Å²) in [5.74, 6) is -0.106. The number of nitro benzene ring substituents is 1. The molecule has 39 heavy (non-hydrogen) atoms. The zero-order chi connectivity index (χ0) is 26.7. The summed E-state index contributed by atoms with van der Waals surface area (Å²) in [6, 6.07) is 18.5. The van der Waals surface area contributed by atoms with Gasteiger partial charge >= 0.3 is 0 Å². The van der Waals surface area contributed by atoms with E-state index in [0.717, 1.165) is 39.8 Å². The molecule has 1 fully saturated rings. The van der Waals surface area contributed by atoms with Crippen molar-refractivity contribution >= 4 is 28.2 Å². The Morgan fingerprint density at radius 2 is 1.97 bits per heavy atom. The number of amides is 1. The van der Waals surface area contributed by atoms with Crippen molar-refractivity contribution in [2.75, 3.05) is 18.0 Å². The third-order valence-corrected chi connectivity index (χ3v) is 8.91. The van der Waals surface area contributed by atoms with Gasteiger partial charge in [-0.15, -0.1) is 0 Å². The fourth-order valence-electron chi connectivity index (χ4n) is 7.24. The molecule has 1 amide bonds. The first-order valence-electron chi connectivity index (χ1n) is 13.5. The quantitative estimate of drug-likeness (QED) is 0.306. The number of para-hydroxylation sites is 1. The van der Waals surface area contributed by atoms with Gasteiger partial charge in [-0.2, -0.15) is 0 Å². The first-order valence-corrected chi connectivity index (χ1v) is 13.5. The molecule has 0 saturated carbocycles. The number of nitrogens with one attached hydrogen (secondary N) is 2. The number of pyridine rings is 1. The average Bonchev–Trinajstić information content (AvgIpc) is 3.36. The van der Waals surface area contributed by atoms with E-state index < -0.39 is 0 Å². The number of rotatable bonds is 5. The molecule has 2 aromatic heterocycles. The van der Waals surface area contributed by atoms with Crippen molar-refractivity contribution in [3.8, 4) is 0 Å². The summed E-state index contributed by atoms with van der Waals surface area (Å²) in [6.45, 7) is 1.75. The number of fused-ring (bicyclic) bond motifs is 9. The van der Waals surface area contributed by atoms with E-state index in [9.17, 15) is 19.7 Å². The predicted octanol–water partition coefficient (Wildman–Crippen LogP) is 3.76. The summed E-state index contributed by atoms with van der Waals surface area (Å²) in [7, 11) is 0. The summed E-state index contributed by atoms with van der Waals surface area (Å²) in [4.78, 5) is 43.3. The molecule has 0 radical (unpaired) electrons. The number of piperidine rings is 1. The summed E-state index contributed by atoms with van der Waals surface area (Å²) < 4.78 is 1.88. The second-order valence-corrected chi connectivity index (χ2v) is 11.0. The van der Waals surface area contributed by atoms with E-state index >= 15 is 0 Å². The summed E-state index contributed by atoms with van der Waals surface area (Å²) in [6.07, 6.45) is 4.06. The van der Waals surface area contributed by atoms with Gasteiger partial charge in [0.1, 0.15) is 0 Å². The molecule has 2 aromatic carbocycles. The van der Waals surface area contributed by atoms with Crippen molar-refractivity contribution in [2.45, 2.75) is 37.8 Å². The fraction of sp³-hybridized carbons (Fsp3) is 0.333. The highest BCUT2D eigenvalue weighted by molar-refractivity contribution is 5.84. The second kappa shape index (κ2) is 9.11. The Bertz CT molecular complexity index is 1670. The minimum absolute atomic E-state index is 0.00205. The molecular weight excluding hydrogens is 494 g/mol. The van der Waals surface area contributed by atoms with Crippen molar-refractivity contribution < 1.29 is 9.72 Å². The van der Waals surface area contributed by atoms with Crippen LogP contribution in [-0.4, -0.2) is 39.5 Å². The molecule has 0 unspecified atom stereocenters. The van der Waals surface area contributed by atoms with Crippen LogP contribution in [0.1, 0.15) is 29.2 Å². The Kier molecular flexibility index (Phi) is 5.54. The third kappa shape index (κ3) is 3.91. The molecule has 1 saturated heterocycles. The molecule has 0 aliphatic carbocycles. The number of hydrogen-bond acceptors (Lipinski definition) is 5. The monoisotopic (exact) mass is 523 g/mol. The van der Waals surface area contributed by atoms with Crippen LogP contribution in [-0.2, 0) is 24.2 Å². The molecule has 4 aromatic rings. The molecule has 5 heterocycles. The van der Waals surface area contributed by atoms with E-state index in [-0.39, 0.29) is 45.9 Å². The molecule has 3 aliphatic rings. The number of non-ortho nitro benzene ring substituents is 1. The standard InChI is InChI=1S/C30H29N5O4/c36-28-7-3-6-26-20-12-21(17-33(26)28)29-24(14-19-13-22(35(38)39)8-9-27(19)34(29)16-20)30(37)31-11-10-18-15-32-25-5-2-1-4-23(18)25/h1-9,13,15,20-21,24,29,32H,10-12,14,16-17H2,(H,31,37)/t20-,21-,24-,29+/m1/s1. The number of aromatic nitrogens is 2. The van der Waals surface area contributed by atoms with Crippen LogP contribution < -0.4 is 15.8 Å². The van der Waals surface area contributed by atoms with E-state index in [1.165, 1.54) is 0 Å². The number of carbonyl (C=O) groups is 1. The minimum Gasteiger partial charge on any atom is -0.366 e. The largest absolute Gasteiger partial charge is 0.366 e. The zero-order valence-electron chi connectivity index (χ0n) is 21.4. The van der Waals surface area contributed by atoms with E-state index in [1.807, 2.05) is 47.2 Å². The van der Waals surface area contributed by atoms with Crippen molar-refractivity contribution in [3.63, 3.8) is 0 Å².